The first-order chi connectivity index (χ1) is 11.8. The highest BCUT2D eigenvalue weighted by Crippen LogP contribution is 2.43. The molecule has 0 radical (unpaired) electrons. The van der Waals surface area contributed by atoms with E-state index in [2.05, 4.69) is 0 Å². The van der Waals surface area contributed by atoms with Crippen molar-refractivity contribution in [1.29, 1.82) is 0 Å². The quantitative estimate of drug-likeness (QED) is 0.437. The fourth-order valence-electron chi connectivity index (χ4n) is 3.59. The maximum atomic E-state index is 12.5. The van der Waals surface area contributed by atoms with Crippen LogP contribution in [0.5, 0.6) is 0 Å². The van der Waals surface area contributed by atoms with Crippen LogP contribution in [0.2, 0.25) is 0 Å². The van der Waals surface area contributed by atoms with Crippen molar-refractivity contribution in [3.05, 3.63) is 35.9 Å². The number of imide groups is 1. The molecule has 0 bridgehead atoms. The molecule has 6 nitrogen and oxygen atoms in total. The Labute approximate surface area is 148 Å². The van der Waals surface area contributed by atoms with E-state index in [4.69, 9.17) is 0 Å². The van der Waals surface area contributed by atoms with Gasteiger partial charge in [0, 0.05) is 19.0 Å². The van der Waals surface area contributed by atoms with E-state index in [-0.39, 0.29) is 18.7 Å². The van der Waals surface area contributed by atoms with Crippen LogP contribution in [0.1, 0.15) is 38.2 Å². The second-order valence-electron chi connectivity index (χ2n) is 6.93. The van der Waals surface area contributed by atoms with Gasteiger partial charge < -0.3 is 10.00 Å². The van der Waals surface area contributed by atoms with E-state index in [1.807, 2.05) is 30.3 Å². The number of unbranched alkanes of at least 4 members (excludes halogenated alkanes) is 1. The molecule has 25 heavy (non-hydrogen) atoms. The minimum absolute atomic E-state index is 0.0551. The van der Waals surface area contributed by atoms with Crippen LogP contribution in [-0.4, -0.2) is 51.4 Å². The van der Waals surface area contributed by atoms with Gasteiger partial charge in [-0.15, -0.1) is 0 Å². The molecule has 1 heterocycles. The molecule has 1 fully saturated rings. The fraction of sp³-hybridized carbons (Fsp3) is 0.556. The van der Waals surface area contributed by atoms with Crippen LogP contribution in [0, 0.1) is 0 Å². The van der Waals surface area contributed by atoms with Gasteiger partial charge in [0.15, 0.2) is 0 Å². The van der Waals surface area contributed by atoms with Gasteiger partial charge in [-0.25, -0.2) is 4.79 Å². The molecule has 2 rings (SSSR count). The summed E-state index contributed by atoms with van der Waals surface area (Å²) in [5.41, 5.74) is 1.17. The van der Waals surface area contributed by atoms with Gasteiger partial charge >= 0.3 is 12.0 Å². The number of likely N-dealkylation sites (tertiary alicyclic amines) is 1. The van der Waals surface area contributed by atoms with Crippen molar-refractivity contribution in [2.24, 2.45) is 0 Å². The van der Waals surface area contributed by atoms with Gasteiger partial charge in [-0.1, -0.05) is 30.3 Å². The zero-order valence-electron chi connectivity index (χ0n) is 14.6. The third kappa shape index (κ3) is 4.78. The molecule has 7 heteroatoms. The minimum Gasteiger partial charge on any atom is -0.435 e. The standard InChI is InChI=1S/C18H26NO5P/c1-15-8-7-12-19(15,18(21)22)17(20)14-25(23,24)13-6-5-11-16-9-3-2-4-10-16/h2-4,9-10,15H,5-8,11-14H2,1H3,(H-,21,22,23,24)/p+1/t15-,19?/m1/s1. The van der Waals surface area contributed by atoms with Crippen molar-refractivity contribution in [1.82, 2.24) is 0 Å². The number of hydrogen-bond acceptors (Lipinski definition) is 3. The molecule has 1 aliphatic rings. The SMILES string of the molecule is C[C@@H]1CCC[N+]1(C(=O)O)C(=O)CP(=O)(O)CCCCc1ccccc1. The maximum absolute atomic E-state index is 12.5. The second-order valence-corrected chi connectivity index (χ2v) is 9.39. The predicted octanol–water partition coefficient (Wildman–Crippen LogP) is 3.48. The molecule has 0 saturated carbocycles. The molecule has 2 amide bonds. The van der Waals surface area contributed by atoms with Gasteiger partial charge in [0.2, 0.25) is 7.37 Å². The Balaban J connectivity index is 1.88. The third-order valence-electron chi connectivity index (χ3n) is 5.12. The summed E-state index contributed by atoms with van der Waals surface area (Å²) in [5, 5.41) is 9.52. The summed E-state index contributed by atoms with van der Waals surface area (Å²) in [6.45, 7) is 1.94. The van der Waals surface area contributed by atoms with Gasteiger partial charge in [0.05, 0.1) is 6.54 Å². The van der Waals surface area contributed by atoms with Gasteiger partial charge in [-0.05, 0) is 31.7 Å². The molecular formula is C18H27NO5P+. The lowest BCUT2D eigenvalue weighted by Crippen LogP contribution is -2.59. The monoisotopic (exact) mass is 368 g/mol. The average Bonchev–Trinajstić information content (AvgIpc) is 2.95. The molecule has 1 saturated heterocycles. The van der Waals surface area contributed by atoms with E-state index in [1.165, 1.54) is 5.56 Å². The fourth-order valence-corrected chi connectivity index (χ4v) is 5.14. The summed E-state index contributed by atoms with van der Waals surface area (Å²) < 4.78 is 11.7. The molecule has 0 aromatic heterocycles. The van der Waals surface area contributed by atoms with Crippen molar-refractivity contribution in [3.63, 3.8) is 0 Å². The van der Waals surface area contributed by atoms with Crippen LogP contribution >= 0.6 is 7.37 Å². The smallest absolute Gasteiger partial charge is 0.435 e. The van der Waals surface area contributed by atoms with E-state index in [0.29, 0.717) is 19.3 Å². The lowest BCUT2D eigenvalue weighted by molar-refractivity contribution is -0.791. The van der Waals surface area contributed by atoms with Crippen molar-refractivity contribution < 1.29 is 28.6 Å². The highest BCUT2D eigenvalue weighted by Gasteiger charge is 2.53. The number of quaternary nitrogens is 1. The first-order valence-electron chi connectivity index (χ1n) is 8.77. The molecule has 0 spiro atoms. The third-order valence-corrected chi connectivity index (χ3v) is 6.90. The number of carbonyl (C=O) groups excluding carboxylic acids is 1. The minimum atomic E-state index is -3.66. The topological polar surface area (TPSA) is 91.7 Å². The summed E-state index contributed by atoms with van der Waals surface area (Å²) in [6, 6.07) is 9.53. The van der Waals surface area contributed by atoms with Crippen LogP contribution in [0.4, 0.5) is 4.79 Å². The van der Waals surface area contributed by atoms with Gasteiger partial charge in [0.1, 0.15) is 12.2 Å². The maximum Gasteiger partial charge on any atom is 0.521 e. The number of aryl methyl sites for hydroxylation is 1. The van der Waals surface area contributed by atoms with Crippen LogP contribution in [-0.2, 0) is 15.8 Å². The van der Waals surface area contributed by atoms with Crippen LogP contribution < -0.4 is 0 Å². The van der Waals surface area contributed by atoms with E-state index >= 15 is 0 Å². The van der Waals surface area contributed by atoms with Crippen molar-refractivity contribution in [2.75, 3.05) is 18.9 Å². The number of benzene rings is 1. The zero-order valence-corrected chi connectivity index (χ0v) is 15.5. The number of rotatable bonds is 7. The van der Waals surface area contributed by atoms with Crippen molar-refractivity contribution in [2.45, 2.75) is 45.1 Å². The van der Waals surface area contributed by atoms with Crippen molar-refractivity contribution in [3.8, 4) is 0 Å². The van der Waals surface area contributed by atoms with Gasteiger partial charge in [0.25, 0.3) is 0 Å². The number of carbonyl (C=O) groups is 2. The molecule has 3 atom stereocenters. The first-order valence-corrected chi connectivity index (χ1v) is 10.8. The first kappa shape index (κ1) is 19.8. The Morgan fingerprint density at radius 2 is 1.92 bits per heavy atom. The Morgan fingerprint density at radius 3 is 2.48 bits per heavy atom. The lowest BCUT2D eigenvalue weighted by atomic mass is 10.1. The highest BCUT2D eigenvalue weighted by molar-refractivity contribution is 7.58. The molecule has 0 aliphatic carbocycles. The number of amides is 2. The Bertz CT molecular complexity index is 663. The van der Waals surface area contributed by atoms with E-state index in [0.717, 1.165) is 12.8 Å². The summed E-state index contributed by atoms with van der Waals surface area (Å²) in [4.78, 5) is 34.4. The summed E-state index contributed by atoms with van der Waals surface area (Å²) in [5.74, 6) is -0.633. The summed E-state index contributed by atoms with van der Waals surface area (Å²) in [6.07, 6.45) is 1.71. The Hall–Kier alpha value is -1.49. The molecule has 1 aromatic rings. The average molecular weight is 368 g/mol. The zero-order chi connectivity index (χ0) is 18.5. The number of carboxylic acid groups (broad SMARTS) is 1. The molecule has 138 valence electrons. The van der Waals surface area contributed by atoms with E-state index in [1.54, 1.807) is 6.92 Å². The molecule has 1 aromatic carbocycles. The largest absolute Gasteiger partial charge is 0.521 e. The molecular weight excluding hydrogens is 341 g/mol. The summed E-state index contributed by atoms with van der Waals surface area (Å²) in [7, 11) is -3.66. The lowest BCUT2D eigenvalue weighted by Gasteiger charge is -2.30. The molecule has 2 unspecified atom stereocenters. The van der Waals surface area contributed by atoms with Crippen LogP contribution in [0.15, 0.2) is 30.3 Å². The molecule has 1 aliphatic heterocycles. The molecule has 2 N–H and O–H groups in total. The van der Waals surface area contributed by atoms with Crippen molar-refractivity contribution >= 4 is 19.4 Å². The van der Waals surface area contributed by atoms with Gasteiger partial charge in [-0.2, -0.15) is 9.28 Å². The second kappa shape index (κ2) is 8.26. The normalized spacial score (nSPS) is 25.4. The van der Waals surface area contributed by atoms with Gasteiger partial charge in [-0.3, -0.25) is 4.57 Å². The summed E-state index contributed by atoms with van der Waals surface area (Å²) >= 11 is 0. The predicted molar refractivity (Wildman–Crippen MR) is 95.8 cm³/mol. The number of hydrogen-bond donors (Lipinski definition) is 2. The van der Waals surface area contributed by atoms with E-state index < -0.39 is 30.0 Å². The Kier molecular flexibility index (Phi) is 6.55. The van der Waals surface area contributed by atoms with Crippen LogP contribution in [0.3, 0.4) is 0 Å². The Morgan fingerprint density at radius 1 is 1.24 bits per heavy atom. The van der Waals surface area contributed by atoms with Crippen LogP contribution in [0.25, 0.3) is 0 Å². The number of nitrogens with zero attached hydrogens (tertiary/aromatic N) is 1. The van der Waals surface area contributed by atoms with E-state index in [9.17, 15) is 24.2 Å². The highest BCUT2D eigenvalue weighted by atomic mass is 31.2.